The number of Topliss-reactive ketones (excluding diaryl/α,β-unsaturated/α-hetero) is 1. The highest BCUT2D eigenvalue weighted by Crippen LogP contribution is 2.48. The summed E-state index contributed by atoms with van der Waals surface area (Å²) in [7, 11) is 1.08. The Kier molecular flexibility index (Phi) is 13.3. The van der Waals surface area contributed by atoms with Gasteiger partial charge in [0.05, 0.1) is 12.3 Å². The van der Waals surface area contributed by atoms with Crippen LogP contribution in [-0.2, 0) is 42.2 Å². The molecule has 292 valence electrons. The standard InChI is InChI=1S/C30H32F6N4O6.C5H10O2/c1-17-14-19(41)12-9-13-28(30(34,35)36,43-16-18-10-7-6-8-11-18)25-39-38-24(45-25)22-21(40(5)26(42)46-27(2,3)4)15-20(29(31,32)33)23(37-22)44-17;1-5(2,3)7-4-6/h6-8,10-11,15,17H,9,12-14,16H2,1-5H3;4H,1-3H3/t17-,28?;/m1./s1. The lowest BCUT2D eigenvalue weighted by Crippen LogP contribution is -2.45. The molecule has 1 amide bonds. The predicted octanol–water partition coefficient (Wildman–Crippen LogP) is 8.36. The van der Waals surface area contributed by atoms with E-state index in [1.54, 1.807) is 30.3 Å². The Hall–Kier alpha value is -4.74. The van der Waals surface area contributed by atoms with Crippen LogP contribution < -0.4 is 9.64 Å². The minimum Gasteiger partial charge on any atom is -0.474 e. The summed E-state index contributed by atoms with van der Waals surface area (Å²) in [5, 5.41) is 7.33. The Bertz CT molecular complexity index is 1720. The summed E-state index contributed by atoms with van der Waals surface area (Å²) in [5.41, 5.74) is -6.82. The van der Waals surface area contributed by atoms with Gasteiger partial charge < -0.3 is 23.4 Å². The first-order valence-corrected chi connectivity index (χ1v) is 16.3. The van der Waals surface area contributed by atoms with Crippen molar-refractivity contribution in [1.29, 1.82) is 0 Å². The zero-order valence-corrected chi connectivity index (χ0v) is 30.5. The molecular formula is C35H42F6N4O8. The molecule has 4 rings (SSSR count). The van der Waals surface area contributed by atoms with E-state index in [1.807, 2.05) is 20.8 Å². The fourth-order valence-electron chi connectivity index (χ4n) is 4.80. The number of anilines is 1. The number of fused-ring (bicyclic) bond motifs is 5. The van der Waals surface area contributed by atoms with Crippen molar-refractivity contribution in [3.05, 3.63) is 53.4 Å². The first kappa shape index (κ1) is 42.7. The maximum absolute atomic E-state index is 15.0. The third kappa shape index (κ3) is 11.6. The zero-order chi connectivity index (χ0) is 40.0. The quantitative estimate of drug-likeness (QED) is 0.183. The van der Waals surface area contributed by atoms with Crippen molar-refractivity contribution < 1.29 is 64.1 Å². The highest BCUT2D eigenvalue weighted by atomic mass is 19.4. The monoisotopic (exact) mass is 760 g/mol. The van der Waals surface area contributed by atoms with Crippen LogP contribution in [0.1, 0.15) is 91.2 Å². The van der Waals surface area contributed by atoms with Gasteiger partial charge in [-0.15, -0.1) is 10.2 Å². The Morgan fingerprint density at radius 3 is 2.19 bits per heavy atom. The van der Waals surface area contributed by atoms with Crippen molar-refractivity contribution in [3.63, 3.8) is 0 Å². The van der Waals surface area contributed by atoms with Crippen molar-refractivity contribution in [3.8, 4) is 17.5 Å². The van der Waals surface area contributed by atoms with E-state index in [1.165, 1.54) is 27.7 Å². The summed E-state index contributed by atoms with van der Waals surface area (Å²) in [6.45, 7) is 11.3. The van der Waals surface area contributed by atoms with Crippen molar-refractivity contribution in [2.24, 2.45) is 0 Å². The van der Waals surface area contributed by atoms with Gasteiger partial charge in [0.2, 0.25) is 11.5 Å². The average Bonchev–Trinajstić information content (AvgIpc) is 3.50. The summed E-state index contributed by atoms with van der Waals surface area (Å²) in [5.74, 6) is -3.40. The number of carbonyl (C=O) groups is 3. The van der Waals surface area contributed by atoms with Crippen molar-refractivity contribution >= 4 is 24.0 Å². The number of carbonyl (C=O) groups excluding carboxylic acids is 3. The molecule has 3 aromatic rings. The van der Waals surface area contributed by atoms with Crippen LogP contribution in [0, 0.1) is 0 Å². The third-order valence-corrected chi connectivity index (χ3v) is 7.27. The van der Waals surface area contributed by atoms with Crippen molar-refractivity contribution in [2.45, 2.75) is 116 Å². The van der Waals surface area contributed by atoms with E-state index in [2.05, 4.69) is 19.9 Å². The molecular weight excluding hydrogens is 718 g/mol. The first-order chi connectivity index (χ1) is 24.4. The van der Waals surface area contributed by atoms with Crippen molar-refractivity contribution in [1.82, 2.24) is 15.2 Å². The van der Waals surface area contributed by atoms with Gasteiger partial charge in [0, 0.05) is 19.9 Å². The molecule has 1 aliphatic rings. The second-order valence-corrected chi connectivity index (χ2v) is 14.1. The maximum Gasteiger partial charge on any atom is 0.426 e. The summed E-state index contributed by atoms with van der Waals surface area (Å²) >= 11 is 0. The summed E-state index contributed by atoms with van der Waals surface area (Å²) in [6, 6.07) is 8.48. The van der Waals surface area contributed by atoms with Gasteiger partial charge in [-0.05, 0) is 72.9 Å². The maximum atomic E-state index is 15.0. The Morgan fingerprint density at radius 1 is 1.02 bits per heavy atom. The summed E-state index contributed by atoms with van der Waals surface area (Å²) in [6.07, 6.45) is -14.4. The second kappa shape index (κ2) is 16.5. The molecule has 1 aliphatic heterocycles. The molecule has 3 heterocycles. The van der Waals surface area contributed by atoms with Crippen LogP contribution in [0.3, 0.4) is 0 Å². The van der Waals surface area contributed by atoms with Crippen LogP contribution >= 0.6 is 0 Å². The van der Waals surface area contributed by atoms with Gasteiger partial charge in [0.1, 0.15) is 28.7 Å². The van der Waals surface area contributed by atoms with E-state index >= 15 is 13.2 Å². The molecule has 0 fully saturated rings. The third-order valence-electron chi connectivity index (χ3n) is 7.27. The molecule has 0 radical (unpaired) electrons. The highest BCUT2D eigenvalue weighted by molar-refractivity contribution is 5.92. The molecule has 0 saturated heterocycles. The number of rotatable bonds is 5. The molecule has 0 spiro atoms. The highest BCUT2D eigenvalue weighted by Gasteiger charge is 2.61. The van der Waals surface area contributed by atoms with Gasteiger partial charge in [-0.3, -0.25) is 14.5 Å². The van der Waals surface area contributed by atoms with Crippen LogP contribution in [0.4, 0.5) is 36.8 Å². The number of benzene rings is 1. The number of ketones is 1. The number of nitrogens with zero attached hydrogens (tertiary/aromatic N) is 4. The van der Waals surface area contributed by atoms with Crippen LogP contribution in [0.25, 0.3) is 11.6 Å². The minimum absolute atomic E-state index is 0.318. The van der Waals surface area contributed by atoms with Gasteiger partial charge >= 0.3 is 18.4 Å². The largest absolute Gasteiger partial charge is 0.474 e. The van der Waals surface area contributed by atoms with Gasteiger partial charge in [-0.2, -0.15) is 26.3 Å². The molecule has 1 aromatic carbocycles. The number of ether oxygens (including phenoxy) is 4. The van der Waals surface area contributed by atoms with E-state index in [0.717, 1.165) is 7.05 Å². The molecule has 2 aromatic heterocycles. The van der Waals surface area contributed by atoms with E-state index < -0.39 is 95.6 Å². The number of hydrogen-bond acceptors (Lipinski definition) is 11. The summed E-state index contributed by atoms with van der Waals surface area (Å²) in [4.78, 5) is 39.9. The zero-order valence-electron chi connectivity index (χ0n) is 30.5. The Balaban J connectivity index is 0.000000980. The van der Waals surface area contributed by atoms with E-state index in [0.29, 0.717) is 23.0 Å². The van der Waals surface area contributed by atoms with Crippen LogP contribution in [-0.4, -0.2) is 64.1 Å². The lowest BCUT2D eigenvalue weighted by molar-refractivity contribution is -0.300. The van der Waals surface area contributed by atoms with E-state index in [4.69, 9.17) is 18.6 Å². The lowest BCUT2D eigenvalue weighted by atomic mass is 9.93. The molecule has 12 nitrogen and oxygen atoms in total. The fraction of sp³-hybridized carbons (Fsp3) is 0.543. The van der Waals surface area contributed by atoms with Crippen LogP contribution in [0.2, 0.25) is 0 Å². The summed E-state index contributed by atoms with van der Waals surface area (Å²) < 4.78 is 114. The molecule has 53 heavy (non-hydrogen) atoms. The number of aromatic nitrogens is 3. The van der Waals surface area contributed by atoms with Crippen LogP contribution in [0.15, 0.2) is 40.8 Å². The number of pyridine rings is 1. The van der Waals surface area contributed by atoms with Gasteiger partial charge in [-0.25, -0.2) is 9.78 Å². The van der Waals surface area contributed by atoms with E-state index in [9.17, 15) is 27.6 Å². The number of alkyl halides is 6. The second-order valence-electron chi connectivity index (χ2n) is 14.1. The van der Waals surface area contributed by atoms with Crippen LogP contribution in [0.5, 0.6) is 5.88 Å². The number of hydrogen-bond donors (Lipinski definition) is 0. The van der Waals surface area contributed by atoms with Gasteiger partial charge in [-0.1, -0.05) is 30.3 Å². The molecule has 18 heteroatoms. The molecule has 0 N–H and O–H groups in total. The number of halogens is 6. The number of amides is 1. The topological polar surface area (TPSA) is 143 Å². The smallest absolute Gasteiger partial charge is 0.426 e. The minimum atomic E-state index is -5.16. The van der Waals surface area contributed by atoms with Crippen molar-refractivity contribution in [2.75, 3.05) is 11.9 Å². The molecule has 1 unspecified atom stereocenters. The Labute approximate surface area is 302 Å². The van der Waals surface area contributed by atoms with Gasteiger partial charge in [0.15, 0.2) is 5.69 Å². The molecule has 2 atom stereocenters. The van der Waals surface area contributed by atoms with E-state index in [-0.39, 0.29) is 18.4 Å². The molecule has 0 saturated carbocycles. The van der Waals surface area contributed by atoms with Gasteiger partial charge in [0.25, 0.3) is 18.3 Å². The predicted molar refractivity (Wildman–Crippen MR) is 177 cm³/mol. The Morgan fingerprint density at radius 2 is 1.66 bits per heavy atom. The SMILES string of the molecule is CC(C)(C)OC=O.C[C@@H]1CC(=O)CCCC(OCc2ccccc2)(C(F)(F)F)c2nnc(o2)-c2nc(c(C(F)(F)F)cc2N(C)C(=O)OC(C)(C)C)O1. The first-order valence-electron chi connectivity index (χ1n) is 16.3. The average molecular weight is 761 g/mol. The lowest BCUT2D eigenvalue weighted by Gasteiger charge is -2.32. The fourth-order valence-corrected chi connectivity index (χ4v) is 4.80. The molecule has 4 bridgehead atoms. The molecule has 0 aliphatic carbocycles. The normalized spacial score (nSPS) is 18.5.